The number of hydrogen-bond acceptors (Lipinski definition) is 4. The summed E-state index contributed by atoms with van der Waals surface area (Å²) in [4.78, 5) is 12.3. The lowest BCUT2D eigenvalue weighted by atomic mass is 9.78. The molecule has 0 aliphatic rings. The molecule has 0 heterocycles. The number of hydrazone groups is 1. The first-order chi connectivity index (χ1) is 13.9. The zero-order valence-corrected chi connectivity index (χ0v) is 19.2. The van der Waals surface area contributed by atoms with Gasteiger partial charge >= 0.3 is 0 Å². The summed E-state index contributed by atoms with van der Waals surface area (Å²) in [6.07, 6.45) is 2.45. The van der Waals surface area contributed by atoms with Crippen molar-refractivity contribution in [1.29, 1.82) is 0 Å². The Morgan fingerprint density at radius 3 is 2.17 bits per heavy atom. The first kappa shape index (κ1) is 23.5. The Morgan fingerprint density at radius 2 is 1.63 bits per heavy atom. The summed E-state index contributed by atoms with van der Waals surface area (Å²) in [5, 5.41) is 14.9. The molecule has 2 aromatic carbocycles. The number of amides is 1. The molecule has 0 radical (unpaired) electrons. The van der Waals surface area contributed by atoms with Gasteiger partial charge in [-0.25, -0.2) is 5.43 Å². The van der Waals surface area contributed by atoms with Crippen LogP contribution in [0.2, 0.25) is 0 Å². The number of aromatic hydroxyl groups is 1. The maximum absolute atomic E-state index is 12.3. The van der Waals surface area contributed by atoms with Crippen molar-refractivity contribution < 1.29 is 14.6 Å². The second-order valence-electron chi connectivity index (χ2n) is 9.57. The highest BCUT2D eigenvalue weighted by atomic mass is 16.5. The third-order valence-electron chi connectivity index (χ3n) is 4.96. The van der Waals surface area contributed by atoms with Crippen LogP contribution in [0.5, 0.6) is 11.5 Å². The molecule has 2 aromatic rings. The number of methoxy groups -OCH3 is 1. The van der Waals surface area contributed by atoms with Gasteiger partial charge in [0.1, 0.15) is 11.5 Å². The highest BCUT2D eigenvalue weighted by Gasteiger charge is 2.26. The summed E-state index contributed by atoms with van der Waals surface area (Å²) in [5.74, 6) is 0.887. The van der Waals surface area contributed by atoms with Crippen molar-refractivity contribution in [2.24, 2.45) is 5.10 Å². The number of phenolic OH excluding ortho intramolecular Hbond substituents is 1. The van der Waals surface area contributed by atoms with Gasteiger partial charge < -0.3 is 9.84 Å². The van der Waals surface area contributed by atoms with Gasteiger partial charge in [-0.05, 0) is 46.1 Å². The highest BCUT2D eigenvalue weighted by molar-refractivity contribution is 5.85. The van der Waals surface area contributed by atoms with E-state index in [0.717, 1.165) is 22.3 Å². The van der Waals surface area contributed by atoms with Crippen LogP contribution in [0.15, 0.2) is 41.5 Å². The second kappa shape index (κ2) is 9.33. The molecule has 2 rings (SSSR count). The van der Waals surface area contributed by atoms with Crippen LogP contribution in [0, 0.1) is 0 Å². The molecule has 2 N–H and O–H groups in total. The SMILES string of the molecule is COc1ccccc1/C=N/NC(=O)CCc1cc(C(C)(C)C)c(O)c(C(C)(C)C)c1. The Hall–Kier alpha value is -2.82. The molecule has 0 atom stereocenters. The number of aryl methyl sites for hydroxylation is 1. The minimum atomic E-state index is -0.193. The maximum atomic E-state index is 12.3. The van der Waals surface area contributed by atoms with Crippen molar-refractivity contribution in [1.82, 2.24) is 5.43 Å². The third-order valence-corrected chi connectivity index (χ3v) is 4.96. The standard InChI is InChI=1S/C25H34N2O3/c1-24(2,3)19-14-17(15-20(23(19)29)25(4,5)6)12-13-22(28)27-26-16-18-10-8-9-11-21(18)30-7/h8-11,14-16,29H,12-13H2,1-7H3,(H,27,28)/b26-16+. The Morgan fingerprint density at radius 1 is 1.07 bits per heavy atom. The lowest BCUT2D eigenvalue weighted by Crippen LogP contribution is -2.20. The molecule has 1 amide bonds. The number of hydrogen-bond donors (Lipinski definition) is 2. The van der Waals surface area contributed by atoms with Crippen LogP contribution in [0.25, 0.3) is 0 Å². The summed E-state index contributed by atoms with van der Waals surface area (Å²) < 4.78 is 5.27. The number of carbonyl (C=O) groups excluding carboxylic acids is 1. The molecule has 0 aromatic heterocycles. The zero-order valence-electron chi connectivity index (χ0n) is 19.2. The van der Waals surface area contributed by atoms with Gasteiger partial charge in [0.2, 0.25) is 5.91 Å². The van der Waals surface area contributed by atoms with E-state index in [1.54, 1.807) is 13.3 Å². The van der Waals surface area contributed by atoms with Crippen molar-refractivity contribution in [2.75, 3.05) is 7.11 Å². The molecule has 5 nitrogen and oxygen atoms in total. The fraction of sp³-hybridized carbons (Fsp3) is 0.440. The summed E-state index contributed by atoms with van der Waals surface area (Å²) in [6.45, 7) is 12.5. The van der Waals surface area contributed by atoms with Crippen LogP contribution in [0.3, 0.4) is 0 Å². The van der Waals surface area contributed by atoms with Gasteiger partial charge in [-0.3, -0.25) is 4.79 Å². The van der Waals surface area contributed by atoms with Crippen LogP contribution in [-0.2, 0) is 22.0 Å². The number of nitrogens with one attached hydrogen (secondary N) is 1. The van der Waals surface area contributed by atoms with Crippen molar-refractivity contribution in [2.45, 2.75) is 65.2 Å². The summed E-state index contributed by atoms with van der Waals surface area (Å²) in [5.41, 5.74) is 5.83. The van der Waals surface area contributed by atoms with E-state index < -0.39 is 0 Å². The molecule has 0 fully saturated rings. The summed E-state index contributed by atoms with van der Waals surface area (Å²) in [6, 6.07) is 11.5. The van der Waals surface area contributed by atoms with Crippen LogP contribution in [-0.4, -0.2) is 24.3 Å². The van der Waals surface area contributed by atoms with E-state index in [9.17, 15) is 9.90 Å². The number of phenols is 1. The van der Waals surface area contributed by atoms with Gasteiger partial charge in [0.05, 0.1) is 13.3 Å². The number of carbonyl (C=O) groups is 1. The molecule has 162 valence electrons. The largest absolute Gasteiger partial charge is 0.507 e. The van der Waals surface area contributed by atoms with E-state index in [1.807, 2.05) is 36.4 Å². The lowest BCUT2D eigenvalue weighted by molar-refractivity contribution is -0.121. The molecule has 0 aliphatic heterocycles. The van der Waals surface area contributed by atoms with Crippen molar-refractivity contribution in [3.05, 3.63) is 58.7 Å². The Labute approximate surface area is 180 Å². The van der Waals surface area contributed by atoms with Crippen molar-refractivity contribution in [3.63, 3.8) is 0 Å². The molecule has 0 saturated carbocycles. The summed E-state index contributed by atoms with van der Waals surface area (Å²) >= 11 is 0. The number of para-hydroxylation sites is 1. The maximum Gasteiger partial charge on any atom is 0.240 e. The number of rotatable bonds is 6. The number of nitrogens with zero attached hydrogens (tertiary/aromatic N) is 1. The average Bonchev–Trinajstić information content (AvgIpc) is 2.65. The van der Waals surface area contributed by atoms with Gasteiger partial charge in [-0.2, -0.15) is 5.10 Å². The average molecular weight is 411 g/mol. The Kier molecular flexibility index (Phi) is 7.30. The zero-order chi connectivity index (χ0) is 22.5. The van der Waals surface area contributed by atoms with E-state index in [0.29, 0.717) is 24.3 Å². The first-order valence-corrected chi connectivity index (χ1v) is 10.2. The topological polar surface area (TPSA) is 70.9 Å². The second-order valence-corrected chi connectivity index (χ2v) is 9.57. The predicted molar refractivity (Wildman–Crippen MR) is 123 cm³/mol. The lowest BCUT2D eigenvalue weighted by Gasteiger charge is -2.28. The monoisotopic (exact) mass is 410 g/mol. The van der Waals surface area contributed by atoms with Gasteiger partial charge in [0.25, 0.3) is 0 Å². The van der Waals surface area contributed by atoms with E-state index in [-0.39, 0.29) is 16.7 Å². The molecule has 5 heteroatoms. The Balaban J connectivity index is 2.11. The highest BCUT2D eigenvalue weighted by Crippen LogP contribution is 2.39. The minimum Gasteiger partial charge on any atom is -0.507 e. The quantitative estimate of drug-likeness (QED) is 0.515. The van der Waals surface area contributed by atoms with E-state index in [1.165, 1.54) is 0 Å². The molecule has 0 aliphatic carbocycles. The first-order valence-electron chi connectivity index (χ1n) is 10.2. The molecule has 0 spiro atoms. The van der Waals surface area contributed by atoms with Gasteiger partial charge in [-0.1, -0.05) is 65.8 Å². The smallest absolute Gasteiger partial charge is 0.240 e. The van der Waals surface area contributed by atoms with E-state index in [2.05, 4.69) is 52.1 Å². The molecular formula is C25H34N2O3. The van der Waals surface area contributed by atoms with E-state index in [4.69, 9.17) is 4.74 Å². The predicted octanol–water partition coefficient (Wildman–Crippen LogP) is 5.08. The van der Waals surface area contributed by atoms with Crippen LogP contribution in [0.1, 0.15) is 70.2 Å². The van der Waals surface area contributed by atoms with Gasteiger partial charge in [-0.15, -0.1) is 0 Å². The normalized spacial score (nSPS) is 12.2. The van der Waals surface area contributed by atoms with Gasteiger partial charge in [0.15, 0.2) is 0 Å². The van der Waals surface area contributed by atoms with Crippen LogP contribution in [0.4, 0.5) is 0 Å². The molecular weight excluding hydrogens is 376 g/mol. The number of benzene rings is 2. The number of ether oxygens (including phenoxy) is 1. The Bertz CT molecular complexity index is 884. The minimum absolute atomic E-state index is 0.163. The molecule has 0 unspecified atom stereocenters. The van der Waals surface area contributed by atoms with Crippen molar-refractivity contribution in [3.8, 4) is 11.5 Å². The van der Waals surface area contributed by atoms with Crippen LogP contribution >= 0.6 is 0 Å². The third kappa shape index (κ3) is 6.09. The molecule has 30 heavy (non-hydrogen) atoms. The van der Waals surface area contributed by atoms with Crippen molar-refractivity contribution >= 4 is 12.1 Å². The molecule has 0 bridgehead atoms. The summed E-state index contributed by atoms with van der Waals surface area (Å²) in [7, 11) is 1.60. The van der Waals surface area contributed by atoms with Crippen LogP contribution < -0.4 is 10.2 Å². The molecule has 0 saturated heterocycles. The fourth-order valence-electron chi connectivity index (χ4n) is 3.24. The fourth-order valence-corrected chi connectivity index (χ4v) is 3.24. The van der Waals surface area contributed by atoms with Gasteiger partial charge in [0, 0.05) is 12.0 Å². The van der Waals surface area contributed by atoms with E-state index >= 15 is 0 Å².